The Balaban J connectivity index is 2.05. The largest absolute Gasteiger partial charge is 0.289 e. The van der Waals surface area contributed by atoms with Crippen LogP contribution in [0.5, 0.6) is 0 Å². The topological polar surface area (TPSA) is 34.1 Å². The van der Waals surface area contributed by atoms with Crippen LogP contribution in [-0.4, -0.2) is 10.9 Å². The lowest BCUT2D eigenvalue weighted by Gasteiger charge is -2.16. The highest BCUT2D eigenvalue weighted by molar-refractivity contribution is 8.13. The van der Waals surface area contributed by atoms with Gasteiger partial charge in [0.1, 0.15) is 0 Å². The fourth-order valence-corrected chi connectivity index (χ4v) is 3.07. The van der Waals surface area contributed by atoms with E-state index in [2.05, 4.69) is 0 Å². The molecule has 0 radical (unpaired) electrons. The summed E-state index contributed by atoms with van der Waals surface area (Å²) in [6.07, 6.45) is 0.530. The Kier molecular flexibility index (Phi) is 5.19. The van der Waals surface area contributed by atoms with Crippen molar-refractivity contribution in [1.82, 2.24) is 0 Å². The Labute approximate surface area is 135 Å². The van der Waals surface area contributed by atoms with E-state index in [1.54, 1.807) is 24.3 Å². The Bertz CT molecular complexity index is 652. The van der Waals surface area contributed by atoms with Crippen molar-refractivity contribution >= 4 is 22.7 Å². The molecule has 0 atom stereocenters. The molecule has 0 fully saturated rings. The minimum atomic E-state index is -0.00665. The summed E-state index contributed by atoms with van der Waals surface area (Å²) in [5.41, 5.74) is 1.30. The van der Waals surface area contributed by atoms with E-state index in [4.69, 9.17) is 0 Å². The van der Waals surface area contributed by atoms with Gasteiger partial charge in [0.05, 0.1) is 0 Å². The first-order valence-corrected chi connectivity index (χ1v) is 8.07. The minimum Gasteiger partial charge on any atom is -0.289 e. The SMILES string of the molecule is CC(C)(C)CC(=O)Sc1ccc(C(=O)c2ccccc2)cc1. The van der Waals surface area contributed by atoms with Crippen LogP contribution in [0.2, 0.25) is 0 Å². The molecule has 0 aliphatic carbocycles. The average molecular weight is 312 g/mol. The first-order chi connectivity index (χ1) is 10.3. The van der Waals surface area contributed by atoms with E-state index < -0.39 is 0 Å². The van der Waals surface area contributed by atoms with E-state index in [0.29, 0.717) is 17.5 Å². The molecule has 2 nitrogen and oxygen atoms in total. The van der Waals surface area contributed by atoms with Crippen LogP contribution >= 0.6 is 11.8 Å². The maximum absolute atomic E-state index is 12.3. The van der Waals surface area contributed by atoms with Gasteiger partial charge in [0, 0.05) is 22.4 Å². The molecule has 114 valence electrons. The molecule has 3 heteroatoms. The quantitative estimate of drug-likeness (QED) is 0.590. The molecule has 0 heterocycles. The summed E-state index contributed by atoms with van der Waals surface area (Å²) >= 11 is 1.24. The summed E-state index contributed by atoms with van der Waals surface area (Å²) in [6, 6.07) is 16.4. The second kappa shape index (κ2) is 6.93. The van der Waals surface area contributed by atoms with Gasteiger partial charge < -0.3 is 0 Å². The molecule has 0 N–H and O–H groups in total. The second-order valence-electron chi connectivity index (χ2n) is 6.43. The summed E-state index contributed by atoms with van der Waals surface area (Å²) in [5.74, 6) is -0.00170. The van der Waals surface area contributed by atoms with Gasteiger partial charge in [-0.15, -0.1) is 0 Å². The van der Waals surface area contributed by atoms with Crippen molar-refractivity contribution in [2.45, 2.75) is 32.1 Å². The number of carbonyl (C=O) groups excluding carboxylic acids is 2. The third-order valence-corrected chi connectivity index (χ3v) is 3.94. The number of carbonyl (C=O) groups is 2. The van der Waals surface area contributed by atoms with E-state index >= 15 is 0 Å². The summed E-state index contributed by atoms with van der Waals surface area (Å²) in [4.78, 5) is 25.1. The lowest BCUT2D eigenvalue weighted by atomic mass is 9.93. The summed E-state index contributed by atoms with van der Waals surface area (Å²) < 4.78 is 0. The zero-order valence-corrected chi connectivity index (χ0v) is 13.9. The molecule has 0 saturated carbocycles. The number of benzene rings is 2. The molecule has 0 aromatic heterocycles. The highest BCUT2D eigenvalue weighted by atomic mass is 32.2. The molecule has 2 aromatic carbocycles. The lowest BCUT2D eigenvalue weighted by molar-refractivity contribution is -0.112. The van der Waals surface area contributed by atoms with Crippen LogP contribution in [0.3, 0.4) is 0 Å². The molecular formula is C19H20O2S. The Hall–Kier alpha value is -1.87. The van der Waals surface area contributed by atoms with Crippen molar-refractivity contribution in [3.8, 4) is 0 Å². The standard InChI is InChI=1S/C19H20O2S/c1-19(2,3)13-17(20)22-16-11-9-15(10-12-16)18(21)14-7-5-4-6-8-14/h4-12H,13H2,1-3H3. The molecule has 22 heavy (non-hydrogen) atoms. The van der Waals surface area contributed by atoms with Gasteiger partial charge in [-0.25, -0.2) is 0 Å². The summed E-state index contributed by atoms with van der Waals surface area (Å²) in [7, 11) is 0. The Morgan fingerprint density at radius 3 is 1.95 bits per heavy atom. The zero-order chi connectivity index (χ0) is 16.2. The highest BCUT2D eigenvalue weighted by Gasteiger charge is 2.17. The van der Waals surface area contributed by atoms with E-state index in [1.807, 2.05) is 51.1 Å². The van der Waals surface area contributed by atoms with Gasteiger partial charge in [0.2, 0.25) is 0 Å². The molecule has 2 rings (SSSR count). The van der Waals surface area contributed by atoms with E-state index in [-0.39, 0.29) is 16.3 Å². The molecule has 0 amide bonds. The van der Waals surface area contributed by atoms with Gasteiger partial charge in [0.15, 0.2) is 10.9 Å². The highest BCUT2D eigenvalue weighted by Crippen LogP contribution is 2.27. The third kappa shape index (κ3) is 4.85. The maximum Gasteiger partial charge on any atom is 0.194 e. The molecular weight excluding hydrogens is 292 g/mol. The predicted octanol–water partition coefficient (Wildman–Crippen LogP) is 4.97. The maximum atomic E-state index is 12.3. The fourth-order valence-electron chi connectivity index (χ4n) is 2.03. The molecule has 0 unspecified atom stereocenters. The number of thioether (sulfide) groups is 1. The van der Waals surface area contributed by atoms with E-state index in [0.717, 1.165) is 4.90 Å². The molecule has 2 aromatic rings. The van der Waals surface area contributed by atoms with Crippen molar-refractivity contribution in [3.05, 3.63) is 65.7 Å². The zero-order valence-electron chi connectivity index (χ0n) is 13.1. The van der Waals surface area contributed by atoms with Gasteiger partial charge >= 0.3 is 0 Å². The van der Waals surface area contributed by atoms with Crippen molar-refractivity contribution in [1.29, 1.82) is 0 Å². The minimum absolute atomic E-state index is 0.00170. The van der Waals surface area contributed by atoms with Gasteiger partial charge in [-0.05, 0) is 29.7 Å². The number of ketones is 1. The molecule has 0 saturated heterocycles. The summed E-state index contributed by atoms with van der Waals surface area (Å²) in [5, 5.41) is 0.148. The number of hydrogen-bond donors (Lipinski definition) is 0. The van der Waals surface area contributed by atoms with Crippen LogP contribution in [0.15, 0.2) is 59.5 Å². The molecule has 0 spiro atoms. The monoisotopic (exact) mass is 312 g/mol. The Morgan fingerprint density at radius 2 is 1.41 bits per heavy atom. The van der Waals surface area contributed by atoms with Crippen molar-refractivity contribution < 1.29 is 9.59 Å². The van der Waals surface area contributed by atoms with Crippen LogP contribution in [0.4, 0.5) is 0 Å². The van der Waals surface area contributed by atoms with Crippen molar-refractivity contribution in [3.63, 3.8) is 0 Å². The van der Waals surface area contributed by atoms with Gasteiger partial charge in [-0.2, -0.15) is 0 Å². The van der Waals surface area contributed by atoms with E-state index in [1.165, 1.54) is 11.8 Å². The molecule has 0 aliphatic heterocycles. The normalized spacial score (nSPS) is 11.2. The molecule has 0 aliphatic rings. The number of hydrogen-bond acceptors (Lipinski definition) is 3. The smallest absolute Gasteiger partial charge is 0.194 e. The van der Waals surface area contributed by atoms with Gasteiger partial charge in [-0.1, -0.05) is 62.9 Å². The summed E-state index contributed by atoms with van der Waals surface area (Å²) in [6.45, 7) is 6.15. The van der Waals surface area contributed by atoms with Crippen LogP contribution in [-0.2, 0) is 4.79 Å². The molecule has 0 bridgehead atoms. The van der Waals surface area contributed by atoms with E-state index in [9.17, 15) is 9.59 Å². The van der Waals surface area contributed by atoms with Gasteiger partial charge in [-0.3, -0.25) is 9.59 Å². The van der Waals surface area contributed by atoms with Gasteiger partial charge in [0.25, 0.3) is 0 Å². The fraction of sp³-hybridized carbons (Fsp3) is 0.263. The third-order valence-electron chi connectivity index (χ3n) is 3.06. The average Bonchev–Trinajstić information content (AvgIpc) is 2.46. The second-order valence-corrected chi connectivity index (χ2v) is 7.56. The van der Waals surface area contributed by atoms with Crippen LogP contribution in [0.25, 0.3) is 0 Å². The first kappa shape index (κ1) is 16.5. The van der Waals surface area contributed by atoms with Crippen LogP contribution in [0, 0.1) is 5.41 Å². The van der Waals surface area contributed by atoms with Crippen molar-refractivity contribution in [2.24, 2.45) is 5.41 Å². The van der Waals surface area contributed by atoms with Crippen LogP contribution < -0.4 is 0 Å². The Morgan fingerprint density at radius 1 is 0.864 bits per heavy atom. The van der Waals surface area contributed by atoms with Crippen molar-refractivity contribution in [2.75, 3.05) is 0 Å². The predicted molar refractivity (Wildman–Crippen MR) is 91.3 cm³/mol. The number of rotatable bonds is 4. The first-order valence-electron chi connectivity index (χ1n) is 7.26. The van der Waals surface area contributed by atoms with Crippen LogP contribution in [0.1, 0.15) is 43.1 Å². The lowest BCUT2D eigenvalue weighted by Crippen LogP contribution is -2.10.